The van der Waals surface area contributed by atoms with Gasteiger partial charge >= 0.3 is 0 Å². The van der Waals surface area contributed by atoms with E-state index < -0.39 is 0 Å². The van der Waals surface area contributed by atoms with Crippen LogP contribution in [0.1, 0.15) is 22.3 Å². The Bertz CT molecular complexity index is 1170. The molecule has 1 fully saturated rings. The normalized spacial score (nSPS) is 16.3. The molecule has 1 saturated heterocycles. The van der Waals surface area contributed by atoms with Gasteiger partial charge in [0.1, 0.15) is 5.82 Å². The lowest BCUT2D eigenvalue weighted by atomic mass is 10.0. The molecule has 0 amide bonds. The van der Waals surface area contributed by atoms with E-state index in [9.17, 15) is 5.11 Å². The van der Waals surface area contributed by atoms with E-state index in [4.69, 9.17) is 0 Å². The summed E-state index contributed by atoms with van der Waals surface area (Å²) in [6.07, 6.45) is 0. The van der Waals surface area contributed by atoms with Crippen molar-refractivity contribution in [3.05, 3.63) is 75.3 Å². The Balaban J connectivity index is 1.49. The molecule has 0 saturated carbocycles. The topological polar surface area (TPSA) is 56.9 Å². The third-order valence-corrected chi connectivity index (χ3v) is 7.08. The van der Waals surface area contributed by atoms with Crippen LogP contribution in [0.5, 0.6) is 5.88 Å². The van der Waals surface area contributed by atoms with Gasteiger partial charge in [-0.1, -0.05) is 57.6 Å². The molecule has 4 aromatic rings. The minimum absolute atomic E-state index is 0.0470. The maximum atomic E-state index is 11.0. The van der Waals surface area contributed by atoms with E-state index in [2.05, 4.69) is 78.3 Å². The molecule has 1 aliphatic heterocycles. The van der Waals surface area contributed by atoms with Crippen LogP contribution in [-0.4, -0.2) is 50.8 Å². The molecule has 0 bridgehead atoms. The minimum atomic E-state index is -0.0470. The molecule has 30 heavy (non-hydrogen) atoms. The zero-order chi connectivity index (χ0) is 20.7. The fourth-order valence-corrected chi connectivity index (χ4v) is 5.69. The first kappa shape index (κ1) is 19.5. The monoisotopic (exact) mass is 483 g/mol. The second-order valence-electron chi connectivity index (χ2n) is 7.46. The average Bonchev–Trinajstić information content (AvgIpc) is 3.27. The highest BCUT2D eigenvalue weighted by Crippen LogP contribution is 2.40. The van der Waals surface area contributed by atoms with E-state index in [1.165, 1.54) is 17.0 Å². The smallest absolute Gasteiger partial charge is 0.230 e. The highest BCUT2D eigenvalue weighted by molar-refractivity contribution is 9.10. The molecule has 5 rings (SSSR count). The van der Waals surface area contributed by atoms with Crippen LogP contribution in [0.3, 0.4) is 0 Å². The SMILES string of the molecule is Cc1nc2sc(C(c3cccc(Br)c3)N3CCN(c4ccccc4)CC3)c(O)n2n1. The van der Waals surface area contributed by atoms with Gasteiger partial charge in [0.05, 0.1) is 10.9 Å². The molecule has 0 aliphatic carbocycles. The summed E-state index contributed by atoms with van der Waals surface area (Å²) in [5.74, 6) is 0.852. The van der Waals surface area contributed by atoms with Crippen LogP contribution in [0, 0.1) is 6.92 Å². The summed E-state index contributed by atoms with van der Waals surface area (Å²) >= 11 is 5.12. The summed E-state index contributed by atoms with van der Waals surface area (Å²) in [7, 11) is 0. The standard InChI is InChI=1S/C22H22BrN5OS/c1-15-24-22-28(25-15)21(29)20(30-22)19(16-6-5-7-17(23)14-16)27-12-10-26(11-13-27)18-8-3-2-4-9-18/h2-9,14,19,29H,10-13H2,1H3. The second kappa shape index (κ2) is 8.02. The third-order valence-electron chi connectivity index (χ3n) is 5.52. The number of halogens is 1. The Morgan fingerprint density at radius 1 is 1.03 bits per heavy atom. The van der Waals surface area contributed by atoms with Gasteiger partial charge in [-0.25, -0.2) is 4.98 Å². The van der Waals surface area contributed by atoms with Crippen LogP contribution >= 0.6 is 27.3 Å². The van der Waals surface area contributed by atoms with E-state index in [0.29, 0.717) is 5.82 Å². The Morgan fingerprint density at radius 2 is 1.80 bits per heavy atom. The summed E-state index contributed by atoms with van der Waals surface area (Å²) in [6.45, 7) is 5.52. The lowest BCUT2D eigenvalue weighted by molar-refractivity contribution is 0.211. The van der Waals surface area contributed by atoms with Crippen molar-refractivity contribution in [2.45, 2.75) is 13.0 Å². The predicted molar refractivity (Wildman–Crippen MR) is 123 cm³/mol. The number of para-hydroxylation sites is 1. The van der Waals surface area contributed by atoms with Gasteiger partial charge < -0.3 is 10.0 Å². The molecule has 3 heterocycles. The largest absolute Gasteiger partial charge is 0.492 e. The highest BCUT2D eigenvalue weighted by atomic mass is 79.9. The number of hydrogen-bond donors (Lipinski definition) is 1. The van der Waals surface area contributed by atoms with Crippen molar-refractivity contribution in [3.63, 3.8) is 0 Å². The number of aromatic hydroxyl groups is 1. The summed E-state index contributed by atoms with van der Waals surface area (Å²) in [4.78, 5) is 10.9. The molecule has 0 radical (unpaired) electrons. The predicted octanol–water partition coefficient (Wildman–Crippen LogP) is 4.48. The van der Waals surface area contributed by atoms with Crippen molar-refractivity contribution in [2.75, 3.05) is 31.1 Å². The molecule has 1 unspecified atom stereocenters. The van der Waals surface area contributed by atoms with Crippen molar-refractivity contribution >= 4 is 37.9 Å². The first-order valence-electron chi connectivity index (χ1n) is 9.94. The van der Waals surface area contributed by atoms with Gasteiger partial charge in [0.2, 0.25) is 10.8 Å². The van der Waals surface area contributed by atoms with Gasteiger partial charge in [-0.15, -0.1) is 5.10 Å². The molecule has 154 valence electrons. The number of aromatic nitrogens is 3. The van der Waals surface area contributed by atoms with E-state index in [-0.39, 0.29) is 11.9 Å². The number of anilines is 1. The van der Waals surface area contributed by atoms with E-state index in [1.807, 2.05) is 19.1 Å². The Labute approximate surface area is 187 Å². The minimum Gasteiger partial charge on any atom is -0.492 e. The summed E-state index contributed by atoms with van der Waals surface area (Å²) in [5, 5.41) is 15.3. The van der Waals surface area contributed by atoms with Gasteiger partial charge in [-0.2, -0.15) is 4.52 Å². The summed E-state index contributed by atoms with van der Waals surface area (Å²) in [5.41, 5.74) is 2.40. The molecule has 2 aromatic carbocycles. The van der Waals surface area contributed by atoms with Crippen LogP contribution in [0.15, 0.2) is 59.1 Å². The molecule has 1 aliphatic rings. The Morgan fingerprint density at radius 3 is 2.50 bits per heavy atom. The van der Waals surface area contributed by atoms with E-state index in [1.54, 1.807) is 4.52 Å². The summed E-state index contributed by atoms with van der Waals surface area (Å²) in [6, 6.07) is 18.8. The first-order chi connectivity index (χ1) is 14.6. The van der Waals surface area contributed by atoms with E-state index in [0.717, 1.165) is 46.1 Å². The zero-order valence-electron chi connectivity index (χ0n) is 16.6. The van der Waals surface area contributed by atoms with Crippen molar-refractivity contribution in [1.29, 1.82) is 0 Å². The number of rotatable bonds is 4. The Kier molecular flexibility index (Phi) is 5.22. The fraction of sp³-hybridized carbons (Fsp3) is 0.273. The van der Waals surface area contributed by atoms with Gasteiger partial charge in [-0.3, -0.25) is 4.90 Å². The quantitative estimate of drug-likeness (QED) is 0.463. The molecule has 2 aromatic heterocycles. The van der Waals surface area contributed by atoms with Gasteiger partial charge in [0.25, 0.3) is 0 Å². The lowest BCUT2D eigenvalue weighted by Crippen LogP contribution is -2.47. The zero-order valence-corrected chi connectivity index (χ0v) is 19.0. The molecule has 6 nitrogen and oxygen atoms in total. The average molecular weight is 484 g/mol. The number of hydrogen-bond acceptors (Lipinski definition) is 6. The van der Waals surface area contributed by atoms with Gasteiger partial charge in [-0.05, 0) is 36.8 Å². The Hall–Kier alpha value is -2.42. The van der Waals surface area contributed by atoms with Gasteiger partial charge in [0.15, 0.2) is 0 Å². The fourth-order valence-electron chi connectivity index (χ4n) is 4.11. The maximum Gasteiger partial charge on any atom is 0.230 e. The molecular formula is C22H22BrN5OS. The highest BCUT2D eigenvalue weighted by Gasteiger charge is 2.31. The number of aryl methyl sites for hydroxylation is 1. The molecule has 1 N–H and O–H groups in total. The number of benzene rings is 2. The maximum absolute atomic E-state index is 11.0. The second-order valence-corrected chi connectivity index (χ2v) is 9.38. The van der Waals surface area contributed by atoms with Crippen molar-refractivity contribution in [2.24, 2.45) is 0 Å². The lowest BCUT2D eigenvalue weighted by Gasteiger charge is -2.40. The number of fused-ring (bicyclic) bond motifs is 1. The van der Waals surface area contributed by atoms with Gasteiger partial charge in [0, 0.05) is 36.3 Å². The van der Waals surface area contributed by atoms with Crippen LogP contribution in [0.2, 0.25) is 0 Å². The number of piperazine rings is 1. The number of nitrogens with zero attached hydrogens (tertiary/aromatic N) is 5. The molecule has 1 atom stereocenters. The van der Waals surface area contributed by atoms with Crippen LogP contribution < -0.4 is 4.90 Å². The summed E-state index contributed by atoms with van der Waals surface area (Å²) < 4.78 is 2.59. The van der Waals surface area contributed by atoms with E-state index >= 15 is 0 Å². The van der Waals surface area contributed by atoms with Crippen LogP contribution in [-0.2, 0) is 0 Å². The molecule has 0 spiro atoms. The van der Waals surface area contributed by atoms with Crippen molar-refractivity contribution in [3.8, 4) is 5.88 Å². The van der Waals surface area contributed by atoms with Crippen molar-refractivity contribution < 1.29 is 5.11 Å². The van der Waals surface area contributed by atoms with Crippen molar-refractivity contribution in [1.82, 2.24) is 19.5 Å². The molecule has 8 heteroatoms. The third kappa shape index (κ3) is 3.59. The van der Waals surface area contributed by atoms with Crippen LogP contribution in [0.25, 0.3) is 4.96 Å². The van der Waals surface area contributed by atoms with Crippen LogP contribution in [0.4, 0.5) is 5.69 Å². The first-order valence-corrected chi connectivity index (χ1v) is 11.6. The molecular weight excluding hydrogens is 462 g/mol. The number of thiazole rings is 1.